The quantitative estimate of drug-likeness (QED) is 0.623. The Balaban J connectivity index is 2.24. The van der Waals surface area contributed by atoms with E-state index in [1.807, 2.05) is 13.0 Å². The number of pyridine rings is 1. The van der Waals surface area contributed by atoms with Gasteiger partial charge in [0, 0.05) is 17.7 Å². The molecule has 2 rings (SSSR count). The van der Waals surface area contributed by atoms with Crippen molar-refractivity contribution in [2.75, 3.05) is 7.11 Å². The lowest BCUT2D eigenvalue weighted by atomic mass is 10.2. The minimum atomic E-state index is -0.506. The predicted octanol–water partition coefficient (Wildman–Crippen LogP) is 3.10. The molecule has 6 nitrogen and oxygen atoms in total. The van der Waals surface area contributed by atoms with Gasteiger partial charge in [0.2, 0.25) is 5.88 Å². The number of hydrogen-bond acceptors (Lipinski definition) is 5. The highest BCUT2D eigenvalue weighted by Crippen LogP contribution is 2.30. The van der Waals surface area contributed by atoms with Crippen LogP contribution in [0.2, 0.25) is 0 Å². The van der Waals surface area contributed by atoms with Gasteiger partial charge in [-0.25, -0.2) is 4.98 Å². The molecule has 0 aliphatic rings. The summed E-state index contributed by atoms with van der Waals surface area (Å²) in [5, 5.41) is 10.5. The highest BCUT2D eigenvalue weighted by atomic mass is 16.6. The number of benzene rings is 1. The van der Waals surface area contributed by atoms with Gasteiger partial charge in [-0.15, -0.1) is 0 Å². The van der Waals surface area contributed by atoms with E-state index in [2.05, 4.69) is 4.98 Å². The zero-order valence-electron chi connectivity index (χ0n) is 10.5. The minimum absolute atomic E-state index is 0.0743. The number of ether oxygens (including phenoxy) is 2. The summed E-state index contributed by atoms with van der Waals surface area (Å²) in [4.78, 5) is 13.9. The number of rotatable bonds is 4. The topological polar surface area (TPSA) is 74.5 Å². The molecule has 98 valence electrons. The lowest BCUT2D eigenvalue weighted by Crippen LogP contribution is -1.94. The molecule has 0 radical (unpaired) electrons. The molecule has 0 amide bonds. The van der Waals surface area contributed by atoms with Crippen LogP contribution in [0.25, 0.3) is 0 Å². The van der Waals surface area contributed by atoms with Gasteiger partial charge in [0.15, 0.2) is 0 Å². The fraction of sp³-hybridized carbons (Fsp3) is 0.154. The molecule has 0 unspecified atom stereocenters. The van der Waals surface area contributed by atoms with Crippen molar-refractivity contribution < 1.29 is 14.4 Å². The molecule has 0 bridgehead atoms. The van der Waals surface area contributed by atoms with Gasteiger partial charge >= 0.3 is 0 Å². The highest BCUT2D eigenvalue weighted by molar-refractivity contribution is 5.45. The smallest absolute Gasteiger partial charge is 0.287 e. The Morgan fingerprint density at radius 1 is 1.21 bits per heavy atom. The second-order valence-electron chi connectivity index (χ2n) is 3.80. The lowest BCUT2D eigenvalue weighted by molar-refractivity contribution is -0.385. The standard InChI is InChI=1S/C13H12N2O4/c1-9-11(18-2)4-3-5-12(9)19-13-7-6-10(8-14-13)15(16)17/h3-8H,1-2H3. The Morgan fingerprint density at radius 3 is 2.53 bits per heavy atom. The van der Waals surface area contributed by atoms with E-state index in [1.54, 1.807) is 19.2 Å². The third kappa shape index (κ3) is 2.79. The van der Waals surface area contributed by atoms with Crippen molar-refractivity contribution >= 4 is 5.69 Å². The van der Waals surface area contributed by atoms with Crippen molar-refractivity contribution in [1.29, 1.82) is 0 Å². The van der Waals surface area contributed by atoms with E-state index >= 15 is 0 Å². The molecular formula is C13H12N2O4. The molecule has 1 heterocycles. The lowest BCUT2D eigenvalue weighted by Gasteiger charge is -2.10. The summed E-state index contributed by atoms with van der Waals surface area (Å²) in [6, 6.07) is 8.20. The van der Waals surface area contributed by atoms with Gasteiger partial charge in [0.05, 0.1) is 12.0 Å². The molecule has 1 aromatic carbocycles. The molecule has 1 aromatic heterocycles. The van der Waals surface area contributed by atoms with E-state index < -0.39 is 4.92 Å². The third-order valence-electron chi connectivity index (χ3n) is 2.60. The highest BCUT2D eigenvalue weighted by Gasteiger charge is 2.09. The van der Waals surface area contributed by atoms with Gasteiger partial charge in [0.25, 0.3) is 5.69 Å². The van der Waals surface area contributed by atoms with Crippen molar-refractivity contribution in [3.63, 3.8) is 0 Å². The maximum atomic E-state index is 10.5. The average molecular weight is 260 g/mol. The van der Waals surface area contributed by atoms with Gasteiger partial charge in [-0.3, -0.25) is 10.1 Å². The summed E-state index contributed by atoms with van der Waals surface area (Å²) in [7, 11) is 1.58. The van der Waals surface area contributed by atoms with Crippen LogP contribution in [0.15, 0.2) is 36.5 Å². The minimum Gasteiger partial charge on any atom is -0.496 e. The summed E-state index contributed by atoms with van der Waals surface area (Å²) in [6.07, 6.45) is 1.16. The van der Waals surface area contributed by atoms with E-state index in [-0.39, 0.29) is 5.69 Å². The number of methoxy groups -OCH3 is 1. The van der Waals surface area contributed by atoms with Crippen molar-refractivity contribution in [3.05, 3.63) is 52.2 Å². The van der Waals surface area contributed by atoms with Crippen molar-refractivity contribution in [2.24, 2.45) is 0 Å². The molecule has 6 heteroatoms. The van der Waals surface area contributed by atoms with Crippen molar-refractivity contribution in [1.82, 2.24) is 4.98 Å². The first-order valence-electron chi connectivity index (χ1n) is 5.53. The fourth-order valence-electron chi connectivity index (χ4n) is 1.58. The Morgan fingerprint density at radius 2 is 1.95 bits per heavy atom. The monoisotopic (exact) mass is 260 g/mol. The second-order valence-corrected chi connectivity index (χ2v) is 3.80. The van der Waals surface area contributed by atoms with Crippen LogP contribution in [0.1, 0.15) is 5.56 Å². The number of hydrogen-bond donors (Lipinski definition) is 0. The molecule has 2 aromatic rings. The zero-order valence-corrected chi connectivity index (χ0v) is 10.5. The van der Waals surface area contributed by atoms with Crippen LogP contribution < -0.4 is 9.47 Å². The van der Waals surface area contributed by atoms with Crippen LogP contribution in [0.5, 0.6) is 17.4 Å². The molecule has 0 saturated carbocycles. The number of aromatic nitrogens is 1. The molecule has 0 aliphatic heterocycles. The van der Waals surface area contributed by atoms with E-state index in [9.17, 15) is 10.1 Å². The fourth-order valence-corrected chi connectivity index (χ4v) is 1.58. The van der Waals surface area contributed by atoms with Gasteiger partial charge in [-0.05, 0) is 19.1 Å². The van der Waals surface area contributed by atoms with E-state index in [1.165, 1.54) is 12.1 Å². The first-order chi connectivity index (χ1) is 9.11. The predicted molar refractivity (Wildman–Crippen MR) is 68.7 cm³/mol. The van der Waals surface area contributed by atoms with Crippen molar-refractivity contribution in [2.45, 2.75) is 6.92 Å². The molecule has 0 fully saturated rings. The summed E-state index contributed by atoms with van der Waals surface area (Å²) >= 11 is 0. The van der Waals surface area contributed by atoms with Gasteiger partial charge in [0.1, 0.15) is 17.7 Å². The number of nitro groups is 1. The van der Waals surface area contributed by atoms with Gasteiger partial charge in [-0.2, -0.15) is 0 Å². The molecular weight excluding hydrogens is 248 g/mol. The van der Waals surface area contributed by atoms with Crippen molar-refractivity contribution in [3.8, 4) is 17.4 Å². The normalized spacial score (nSPS) is 10.0. The Labute approximate surface area is 109 Å². The van der Waals surface area contributed by atoms with Crippen LogP contribution in [0.3, 0.4) is 0 Å². The molecule has 0 aliphatic carbocycles. The summed E-state index contributed by atoms with van der Waals surface area (Å²) in [6.45, 7) is 1.86. The number of nitrogens with zero attached hydrogens (tertiary/aromatic N) is 2. The van der Waals surface area contributed by atoms with Crippen LogP contribution >= 0.6 is 0 Å². The summed E-state index contributed by atoms with van der Waals surface area (Å²) < 4.78 is 10.8. The Kier molecular flexibility index (Phi) is 3.61. The van der Waals surface area contributed by atoms with Gasteiger partial charge in [-0.1, -0.05) is 6.07 Å². The SMILES string of the molecule is COc1cccc(Oc2ccc([N+](=O)[O-])cn2)c1C. The van der Waals surface area contributed by atoms with E-state index in [0.717, 1.165) is 11.8 Å². The Bertz CT molecular complexity index is 596. The van der Waals surface area contributed by atoms with E-state index in [4.69, 9.17) is 9.47 Å². The van der Waals surface area contributed by atoms with Crippen LogP contribution in [0.4, 0.5) is 5.69 Å². The average Bonchev–Trinajstić information content (AvgIpc) is 2.42. The molecule has 0 N–H and O–H groups in total. The molecule has 19 heavy (non-hydrogen) atoms. The molecule has 0 saturated heterocycles. The zero-order chi connectivity index (χ0) is 13.8. The van der Waals surface area contributed by atoms with Crippen LogP contribution in [-0.2, 0) is 0 Å². The first kappa shape index (κ1) is 12.8. The summed E-state index contributed by atoms with van der Waals surface area (Å²) in [5.41, 5.74) is 0.764. The maximum Gasteiger partial charge on any atom is 0.287 e. The first-order valence-corrected chi connectivity index (χ1v) is 5.53. The van der Waals surface area contributed by atoms with Gasteiger partial charge < -0.3 is 9.47 Å². The third-order valence-corrected chi connectivity index (χ3v) is 2.60. The molecule has 0 atom stereocenters. The maximum absolute atomic E-state index is 10.5. The molecule has 0 spiro atoms. The van der Waals surface area contributed by atoms with Crippen LogP contribution in [-0.4, -0.2) is 17.0 Å². The van der Waals surface area contributed by atoms with E-state index in [0.29, 0.717) is 17.4 Å². The second kappa shape index (κ2) is 5.34. The largest absolute Gasteiger partial charge is 0.496 e. The Hall–Kier alpha value is -2.63. The summed E-state index contributed by atoms with van der Waals surface area (Å²) in [5.74, 6) is 1.60. The van der Waals surface area contributed by atoms with Crippen LogP contribution in [0, 0.1) is 17.0 Å².